The number of carbonyl (C=O) groups excluding carboxylic acids is 2. The topological polar surface area (TPSA) is 123 Å². The molecule has 0 spiro atoms. The van der Waals surface area contributed by atoms with Gasteiger partial charge in [0.15, 0.2) is 0 Å². The molecule has 10 heteroatoms. The van der Waals surface area contributed by atoms with Crippen molar-refractivity contribution in [3.05, 3.63) is 29.8 Å². The van der Waals surface area contributed by atoms with Crippen LogP contribution in [0.1, 0.15) is 25.8 Å². The van der Waals surface area contributed by atoms with Crippen LogP contribution in [0.5, 0.6) is 0 Å². The number of sulfonamides is 1. The zero-order valence-electron chi connectivity index (χ0n) is 16.0. The summed E-state index contributed by atoms with van der Waals surface area (Å²) >= 11 is 0. The molecule has 0 aliphatic carbocycles. The van der Waals surface area contributed by atoms with Crippen LogP contribution in [0.25, 0.3) is 0 Å². The molecule has 1 saturated heterocycles. The van der Waals surface area contributed by atoms with Gasteiger partial charge < -0.3 is 15.5 Å². The van der Waals surface area contributed by atoms with Crippen LogP contribution >= 0.6 is 0 Å². The minimum absolute atomic E-state index is 0.116. The van der Waals surface area contributed by atoms with Gasteiger partial charge in [-0.15, -0.1) is 0 Å². The Kier molecular flexibility index (Phi) is 7.37. The van der Waals surface area contributed by atoms with E-state index in [0.29, 0.717) is 12.1 Å². The molecule has 0 unspecified atom stereocenters. The molecular formula is C18H25N5O4S. The Morgan fingerprint density at radius 2 is 1.79 bits per heavy atom. The maximum absolute atomic E-state index is 12.7. The number of hydrogen-bond acceptors (Lipinski definition) is 5. The van der Waals surface area contributed by atoms with Gasteiger partial charge in [0.1, 0.15) is 6.04 Å². The third-order valence-electron chi connectivity index (χ3n) is 4.43. The molecule has 1 aromatic carbocycles. The summed E-state index contributed by atoms with van der Waals surface area (Å²) < 4.78 is 26.7. The van der Waals surface area contributed by atoms with Gasteiger partial charge in [-0.25, -0.2) is 13.2 Å². The van der Waals surface area contributed by atoms with Crippen molar-refractivity contribution in [3.8, 4) is 6.07 Å². The summed E-state index contributed by atoms with van der Waals surface area (Å²) in [5.41, 5.74) is 0.387. The van der Waals surface area contributed by atoms with E-state index in [1.54, 1.807) is 6.92 Å². The highest BCUT2D eigenvalue weighted by Crippen LogP contribution is 2.18. The van der Waals surface area contributed by atoms with E-state index in [0.717, 1.165) is 6.42 Å². The lowest BCUT2D eigenvalue weighted by Gasteiger charge is -2.34. The van der Waals surface area contributed by atoms with Gasteiger partial charge in [-0.1, -0.05) is 6.92 Å². The van der Waals surface area contributed by atoms with Crippen molar-refractivity contribution in [2.45, 2.75) is 31.2 Å². The Labute approximate surface area is 165 Å². The first-order valence-electron chi connectivity index (χ1n) is 9.13. The van der Waals surface area contributed by atoms with Gasteiger partial charge in [0, 0.05) is 32.7 Å². The Morgan fingerprint density at radius 1 is 1.18 bits per heavy atom. The van der Waals surface area contributed by atoms with Crippen LogP contribution < -0.4 is 10.6 Å². The van der Waals surface area contributed by atoms with E-state index in [1.807, 2.05) is 13.0 Å². The Hall–Kier alpha value is -2.64. The predicted octanol–water partition coefficient (Wildman–Crippen LogP) is 0.489. The van der Waals surface area contributed by atoms with Gasteiger partial charge >= 0.3 is 6.03 Å². The number of nitriles is 1. The van der Waals surface area contributed by atoms with Crippen LogP contribution in [0.4, 0.5) is 4.79 Å². The molecule has 152 valence electrons. The summed E-state index contributed by atoms with van der Waals surface area (Å²) in [5, 5.41) is 14.2. The largest absolute Gasteiger partial charge is 0.354 e. The summed E-state index contributed by atoms with van der Waals surface area (Å²) in [7, 11) is -3.68. The van der Waals surface area contributed by atoms with Crippen molar-refractivity contribution in [2.75, 3.05) is 32.7 Å². The molecule has 9 nitrogen and oxygen atoms in total. The molecular weight excluding hydrogens is 382 g/mol. The average molecular weight is 407 g/mol. The number of nitrogens with one attached hydrogen (secondary N) is 2. The Morgan fingerprint density at radius 3 is 2.32 bits per heavy atom. The van der Waals surface area contributed by atoms with Crippen LogP contribution in [0, 0.1) is 11.3 Å². The van der Waals surface area contributed by atoms with E-state index in [1.165, 1.54) is 33.5 Å². The van der Waals surface area contributed by atoms with Gasteiger partial charge in [0.05, 0.1) is 16.5 Å². The van der Waals surface area contributed by atoms with E-state index in [9.17, 15) is 18.0 Å². The zero-order chi connectivity index (χ0) is 20.7. The fourth-order valence-electron chi connectivity index (χ4n) is 2.73. The number of amides is 3. The quantitative estimate of drug-likeness (QED) is 0.710. The minimum atomic E-state index is -3.68. The Bertz CT molecular complexity index is 840. The highest BCUT2D eigenvalue weighted by Gasteiger charge is 2.30. The first-order valence-corrected chi connectivity index (χ1v) is 10.6. The fraction of sp³-hybridized carbons (Fsp3) is 0.500. The summed E-state index contributed by atoms with van der Waals surface area (Å²) in [6, 6.07) is 6.62. The summed E-state index contributed by atoms with van der Waals surface area (Å²) in [6.45, 7) is 4.86. The smallest absolute Gasteiger partial charge is 0.318 e. The van der Waals surface area contributed by atoms with E-state index >= 15 is 0 Å². The monoisotopic (exact) mass is 407 g/mol. The number of piperazine rings is 1. The molecule has 2 N–H and O–H groups in total. The molecule has 1 aliphatic heterocycles. The summed E-state index contributed by atoms with van der Waals surface area (Å²) in [5.74, 6) is -0.253. The minimum Gasteiger partial charge on any atom is -0.354 e. The summed E-state index contributed by atoms with van der Waals surface area (Å²) in [4.78, 5) is 25.8. The molecule has 1 aliphatic rings. The second-order valence-corrected chi connectivity index (χ2v) is 8.43. The van der Waals surface area contributed by atoms with E-state index in [-0.39, 0.29) is 37.0 Å². The van der Waals surface area contributed by atoms with Gasteiger partial charge in [-0.05, 0) is 37.6 Å². The van der Waals surface area contributed by atoms with Gasteiger partial charge in [0.2, 0.25) is 15.9 Å². The van der Waals surface area contributed by atoms with E-state index in [2.05, 4.69) is 10.6 Å². The molecule has 0 radical (unpaired) electrons. The third kappa shape index (κ3) is 5.21. The van der Waals surface area contributed by atoms with Crippen LogP contribution in [0.2, 0.25) is 0 Å². The van der Waals surface area contributed by atoms with Crippen LogP contribution in [-0.2, 0) is 14.8 Å². The third-order valence-corrected chi connectivity index (χ3v) is 6.34. The van der Waals surface area contributed by atoms with Crippen molar-refractivity contribution in [1.82, 2.24) is 19.8 Å². The molecule has 2 rings (SSSR count). The van der Waals surface area contributed by atoms with Crippen molar-refractivity contribution in [2.24, 2.45) is 0 Å². The average Bonchev–Trinajstić information content (AvgIpc) is 2.71. The number of hydrogen-bond donors (Lipinski definition) is 2. The molecule has 1 atom stereocenters. The van der Waals surface area contributed by atoms with Gasteiger partial charge in [0.25, 0.3) is 0 Å². The number of benzene rings is 1. The molecule has 1 aromatic rings. The highest BCUT2D eigenvalue weighted by molar-refractivity contribution is 7.89. The van der Waals surface area contributed by atoms with Crippen molar-refractivity contribution < 1.29 is 18.0 Å². The standard InChI is InChI=1S/C18H25N5O4S/c1-3-8-20-17(24)14(2)21-18(25)22-9-11-23(12-10-22)28(26,27)16-6-4-15(13-19)5-7-16/h4-7,14H,3,8-12H2,1-2H3,(H,20,24)(H,21,25)/t14-/m0/s1. The molecule has 3 amide bonds. The lowest BCUT2D eigenvalue weighted by Crippen LogP contribution is -2.56. The second kappa shape index (κ2) is 9.52. The molecule has 0 saturated carbocycles. The number of nitrogens with zero attached hydrogens (tertiary/aromatic N) is 3. The normalized spacial score (nSPS) is 16.1. The molecule has 28 heavy (non-hydrogen) atoms. The SMILES string of the molecule is CCCNC(=O)[C@H](C)NC(=O)N1CCN(S(=O)(=O)c2ccc(C#N)cc2)CC1. The first-order chi connectivity index (χ1) is 13.3. The fourth-order valence-corrected chi connectivity index (χ4v) is 4.15. The number of carbonyl (C=O) groups is 2. The highest BCUT2D eigenvalue weighted by atomic mass is 32.2. The van der Waals surface area contributed by atoms with Crippen LogP contribution in [0.15, 0.2) is 29.2 Å². The number of urea groups is 1. The lowest BCUT2D eigenvalue weighted by atomic mass is 10.2. The zero-order valence-corrected chi connectivity index (χ0v) is 16.8. The predicted molar refractivity (Wildman–Crippen MR) is 103 cm³/mol. The lowest BCUT2D eigenvalue weighted by molar-refractivity contribution is -0.122. The number of rotatable bonds is 6. The first kappa shape index (κ1) is 21.7. The van der Waals surface area contributed by atoms with Gasteiger partial charge in [-0.2, -0.15) is 9.57 Å². The molecule has 1 heterocycles. The molecule has 0 bridgehead atoms. The van der Waals surface area contributed by atoms with Crippen molar-refractivity contribution in [3.63, 3.8) is 0 Å². The van der Waals surface area contributed by atoms with Crippen LogP contribution in [0.3, 0.4) is 0 Å². The maximum atomic E-state index is 12.7. The summed E-state index contributed by atoms with van der Waals surface area (Å²) in [6.07, 6.45) is 0.808. The Balaban J connectivity index is 1.91. The maximum Gasteiger partial charge on any atom is 0.318 e. The molecule has 0 aromatic heterocycles. The van der Waals surface area contributed by atoms with Gasteiger partial charge in [-0.3, -0.25) is 4.79 Å². The van der Waals surface area contributed by atoms with Crippen molar-refractivity contribution >= 4 is 22.0 Å². The van der Waals surface area contributed by atoms with E-state index in [4.69, 9.17) is 5.26 Å². The molecule has 1 fully saturated rings. The van der Waals surface area contributed by atoms with Crippen LogP contribution in [-0.4, -0.2) is 68.3 Å². The van der Waals surface area contributed by atoms with E-state index < -0.39 is 22.1 Å². The second-order valence-electron chi connectivity index (χ2n) is 6.49. The van der Waals surface area contributed by atoms with Crippen molar-refractivity contribution in [1.29, 1.82) is 5.26 Å².